The van der Waals surface area contributed by atoms with Crippen LogP contribution in [0.2, 0.25) is 0 Å². The fourth-order valence-electron chi connectivity index (χ4n) is 3.51. The molecule has 114 valence electrons. The fourth-order valence-corrected chi connectivity index (χ4v) is 4.29. The van der Waals surface area contributed by atoms with E-state index in [0.717, 1.165) is 23.5 Å². The van der Waals surface area contributed by atoms with E-state index in [2.05, 4.69) is 37.1 Å². The molecule has 3 heterocycles. The number of aryl methyl sites for hydroxylation is 1. The molecule has 1 fully saturated rings. The summed E-state index contributed by atoms with van der Waals surface area (Å²) in [6, 6.07) is 2.27. The number of imidazole rings is 1. The quantitative estimate of drug-likeness (QED) is 0.802. The van der Waals surface area contributed by atoms with Crippen LogP contribution in [0, 0.1) is 0 Å². The van der Waals surface area contributed by atoms with E-state index in [1.807, 2.05) is 11.6 Å². The Morgan fingerprint density at radius 3 is 2.91 bits per heavy atom. The molecule has 22 heavy (non-hydrogen) atoms. The van der Waals surface area contributed by atoms with Crippen molar-refractivity contribution in [2.75, 3.05) is 11.9 Å². The van der Waals surface area contributed by atoms with Crippen molar-refractivity contribution in [2.24, 2.45) is 7.05 Å². The van der Waals surface area contributed by atoms with E-state index in [1.54, 1.807) is 24.0 Å². The minimum absolute atomic E-state index is 0.242. The van der Waals surface area contributed by atoms with Crippen LogP contribution in [0.15, 0.2) is 29.5 Å². The second-order valence-corrected chi connectivity index (χ2v) is 6.88. The number of hydrogen-bond acceptors (Lipinski definition) is 5. The first kappa shape index (κ1) is 13.7. The molecule has 3 aromatic rings. The molecule has 6 heteroatoms. The van der Waals surface area contributed by atoms with Crippen molar-refractivity contribution in [1.82, 2.24) is 19.5 Å². The predicted molar refractivity (Wildman–Crippen MR) is 89.3 cm³/mol. The van der Waals surface area contributed by atoms with Crippen LogP contribution in [0.4, 0.5) is 5.82 Å². The lowest BCUT2D eigenvalue weighted by molar-refractivity contribution is 0.468. The lowest BCUT2D eigenvalue weighted by Gasteiger charge is -2.29. The molecular weight excluding hydrogens is 294 g/mol. The van der Waals surface area contributed by atoms with Crippen molar-refractivity contribution in [2.45, 2.75) is 31.1 Å². The Bertz CT molecular complexity index is 771. The third kappa shape index (κ3) is 2.18. The zero-order chi connectivity index (χ0) is 15.0. The Labute approximate surface area is 133 Å². The third-order valence-corrected chi connectivity index (χ3v) is 5.47. The number of fused-ring (bicyclic) bond motifs is 1. The van der Waals surface area contributed by atoms with Crippen molar-refractivity contribution in [1.29, 1.82) is 0 Å². The van der Waals surface area contributed by atoms with Gasteiger partial charge in [0.15, 0.2) is 11.5 Å². The Hall–Kier alpha value is -1.95. The Morgan fingerprint density at radius 2 is 2.14 bits per heavy atom. The monoisotopic (exact) mass is 313 g/mol. The SMILES string of the molecule is Cn1cnc2c(NCC3(c4ccsc4)CCCC3)ncnc21. The highest BCUT2D eigenvalue weighted by Gasteiger charge is 2.36. The normalized spacial score (nSPS) is 17.1. The Morgan fingerprint density at radius 1 is 1.27 bits per heavy atom. The molecule has 1 N–H and O–H groups in total. The van der Waals surface area contributed by atoms with Gasteiger partial charge in [0.2, 0.25) is 0 Å². The first-order valence-electron chi connectivity index (χ1n) is 7.67. The fraction of sp³-hybridized carbons (Fsp3) is 0.438. The molecule has 1 aliphatic carbocycles. The largest absolute Gasteiger partial charge is 0.367 e. The zero-order valence-electron chi connectivity index (χ0n) is 12.6. The van der Waals surface area contributed by atoms with Crippen LogP contribution in [-0.2, 0) is 12.5 Å². The average molecular weight is 313 g/mol. The van der Waals surface area contributed by atoms with Crippen LogP contribution < -0.4 is 5.32 Å². The smallest absolute Gasteiger partial charge is 0.165 e. The number of thiophene rings is 1. The molecule has 0 bridgehead atoms. The van der Waals surface area contributed by atoms with Crippen molar-refractivity contribution in [3.8, 4) is 0 Å². The molecule has 4 rings (SSSR count). The first-order chi connectivity index (χ1) is 10.8. The molecular formula is C16H19N5S. The molecule has 3 aromatic heterocycles. The van der Waals surface area contributed by atoms with E-state index < -0.39 is 0 Å². The number of nitrogens with one attached hydrogen (secondary N) is 1. The summed E-state index contributed by atoms with van der Waals surface area (Å²) in [6.45, 7) is 0.909. The maximum Gasteiger partial charge on any atom is 0.165 e. The van der Waals surface area contributed by atoms with E-state index in [4.69, 9.17) is 0 Å². The number of nitrogens with zero attached hydrogens (tertiary/aromatic N) is 4. The minimum atomic E-state index is 0.242. The first-order valence-corrected chi connectivity index (χ1v) is 8.61. The van der Waals surface area contributed by atoms with Gasteiger partial charge in [-0.25, -0.2) is 15.0 Å². The van der Waals surface area contributed by atoms with Crippen molar-refractivity contribution >= 4 is 28.3 Å². The number of aromatic nitrogens is 4. The van der Waals surface area contributed by atoms with Crippen LogP contribution in [0.25, 0.3) is 11.2 Å². The molecule has 0 aromatic carbocycles. The van der Waals surface area contributed by atoms with Gasteiger partial charge < -0.3 is 9.88 Å². The molecule has 1 aliphatic rings. The molecule has 0 unspecified atom stereocenters. The van der Waals surface area contributed by atoms with Gasteiger partial charge in [0.05, 0.1) is 6.33 Å². The van der Waals surface area contributed by atoms with Crippen LogP contribution in [0.5, 0.6) is 0 Å². The van der Waals surface area contributed by atoms with E-state index in [1.165, 1.54) is 31.2 Å². The average Bonchev–Trinajstić information content (AvgIpc) is 3.27. The van der Waals surface area contributed by atoms with Gasteiger partial charge in [0, 0.05) is 19.0 Å². The summed E-state index contributed by atoms with van der Waals surface area (Å²) < 4.78 is 1.92. The van der Waals surface area contributed by atoms with Gasteiger partial charge in [-0.05, 0) is 35.2 Å². The zero-order valence-corrected chi connectivity index (χ0v) is 13.4. The molecule has 5 nitrogen and oxygen atoms in total. The summed E-state index contributed by atoms with van der Waals surface area (Å²) in [6.07, 6.45) is 8.49. The lowest BCUT2D eigenvalue weighted by atomic mass is 9.80. The summed E-state index contributed by atoms with van der Waals surface area (Å²) in [5, 5.41) is 8.02. The van der Waals surface area contributed by atoms with Gasteiger partial charge in [-0.3, -0.25) is 0 Å². The number of anilines is 1. The van der Waals surface area contributed by atoms with Gasteiger partial charge in [-0.2, -0.15) is 11.3 Å². The highest BCUT2D eigenvalue weighted by molar-refractivity contribution is 7.08. The van der Waals surface area contributed by atoms with E-state index >= 15 is 0 Å². The van der Waals surface area contributed by atoms with Gasteiger partial charge in [0.1, 0.15) is 11.8 Å². The summed E-state index contributed by atoms with van der Waals surface area (Å²) in [5.41, 5.74) is 3.43. The van der Waals surface area contributed by atoms with Gasteiger partial charge in [-0.1, -0.05) is 12.8 Å². The summed E-state index contributed by atoms with van der Waals surface area (Å²) in [7, 11) is 1.95. The maximum absolute atomic E-state index is 4.43. The van der Waals surface area contributed by atoms with Gasteiger partial charge in [0.25, 0.3) is 0 Å². The van der Waals surface area contributed by atoms with E-state index in [-0.39, 0.29) is 5.41 Å². The Kier molecular flexibility index (Phi) is 3.33. The molecule has 1 saturated carbocycles. The minimum Gasteiger partial charge on any atom is -0.367 e. The van der Waals surface area contributed by atoms with Crippen molar-refractivity contribution in [3.05, 3.63) is 35.0 Å². The standard InChI is InChI=1S/C16H19N5S/c1-21-11-20-13-14(18-10-19-15(13)21)17-9-16(5-2-3-6-16)12-4-7-22-8-12/h4,7-8,10-11H,2-3,5-6,9H2,1H3,(H,17,18,19). The molecule has 0 saturated heterocycles. The molecule has 0 aliphatic heterocycles. The number of rotatable bonds is 4. The third-order valence-electron chi connectivity index (χ3n) is 4.79. The van der Waals surface area contributed by atoms with E-state index in [9.17, 15) is 0 Å². The second kappa shape index (κ2) is 5.35. The molecule has 0 amide bonds. The van der Waals surface area contributed by atoms with Crippen molar-refractivity contribution < 1.29 is 0 Å². The summed E-state index contributed by atoms with van der Waals surface area (Å²) in [5.74, 6) is 0.840. The molecule has 0 spiro atoms. The van der Waals surface area contributed by atoms with Crippen LogP contribution in [-0.4, -0.2) is 26.1 Å². The summed E-state index contributed by atoms with van der Waals surface area (Å²) in [4.78, 5) is 13.1. The topological polar surface area (TPSA) is 55.6 Å². The summed E-state index contributed by atoms with van der Waals surface area (Å²) >= 11 is 1.78. The maximum atomic E-state index is 4.43. The lowest BCUT2D eigenvalue weighted by Crippen LogP contribution is -2.31. The highest BCUT2D eigenvalue weighted by Crippen LogP contribution is 2.42. The van der Waals surface area contributed by atoms with Crippen LogP contribution in [0.3, 0.4) is 0 Å². The van der Waals surface area contributed by atoms with Gasteiger partial charge >= 0.3 is 0 Å². The second-order valence-electron chi connectivity index (χ2n) is 6.10. The molecule has 0 atom stereocenters. The van der Waals surface area contributed by atoms with Gasteiger partial charge in [-0.15, -0.1) is 0 Å². The highest BCUT2D eigenvalue weighted by atomic mass is 32.1. The van der Waals surface area contributed by atoms with Crippen molar-refractivity contribution in [3.63, 3.8) is 0 Å². The molecule has 0 radical (unpaired) electrons. The van der Waals surface area contributed by atoms with Crippen LogP contribution >= 0.6 is 11.3 Å². The van der Waals surface area contributed by atoms with Crippen LogP contribution in [0.1, 0.15) is 31.2 Å². The predicted octanol–water partition coefficient (Wildman–Crippen LogP) is 3.35. The Balaban J connectivity index is 1.63. The number of hydrogen-bond donors (Lipinski definition) is 1. The van der Waals surface area contributed by atoms with E-state index in [0.29, 0.717) is 0 Å².